The molecule has 5 nitrogen and oxygen atoms in total. The SMILES string of the molecule is C[C@](N)(Cc1ccc(CN)cc1)C(=O)O.Cl.Cl.O. The lowest BCUT2D eigenvalue weighted by molar-refractivity contribution is -0.142. The van der Waals surface area contributed by atoms with Crippen LogP contribution in [0.5, 0.6) is 0 Å². The van der Waals surface area contributed by atoms with Gasteiger partial charge in [0.25, 0.3) is 0 Å². The number of nitrogens with two attached hydrogens (primary N) is 2. The average Bonchev–Trinajstić information content (AvgIpc) is 2.18. The molecule has 0 unspecified atom stereocenters. The minimum absolute atomic E-state index is 0. The van der Waals surface area contributed by atoms with Crippen LogP contribution in [-0.2, 0) is 17.8 Å². The van der Waals surface area contributed by atoms with Crippen LogP contribution in [0.3, 0.4) is 0 Å². The summed E-state index contributed by atoms with van der Waals surface area (Å²) >= 11 is 0. The molecule has 0 amide bonds. The van der Waals surface area contributed by atoms with Crippen molar-refractivity contribution in [1.29, 1.82) is 0 Å². The zero-order valence-electron chi connectivity index (χ0n) is 10.1. The van der Waals surface area contributed by atoms with Crippen molar-refractivity contribution in [2.45, 2.75) is 25.4 Å². The Morgan fingerprint density at radius 2 is 1.61 bits per heavy atom. The van der Waals surface area contributed by atoms with Crippen LogP contribution in [0, 0.1) is 0 Å². The average molecular weight is 299 g/mol. The van der Waals surface area contributed by atoms with Crippen LogP contribution in [0.15, 0.2) is 24.3 Å². The van der Waals surface area contributed by atoms with E-state index in [2.05, 4.69) is 0 Å². The number of carboxylic acids is 1. The van der Waals surface area contributed by atoms with E-state index in [4.69, 9.17) is 16.6 Å². The molecule has 0 aliphatic heterocycles. The summed E-state index contributed by atoms with van der Waals surface area (Å²) in [5.41, 5.74) is 11.8. The predicted molar refractivity (Wildman–Crippen MR) is 76.4 cm³/mol. The summed E-state index contributed by atoms with van der Waals surface area (Å²) in [5, 5.41) is 8.86. The minimum atomic E-state index is -1.22. The molecule has 7 N–H and O–H groups in total. The molecule has 0 aliphatic carbocycles. The molecule has 0 saturated heterocycles. The minimum Gasteiger partial charge on any atom is -0.480 e. The second kappa shape index (κ2) is 9.13. The fourth-order valence-corrected chi connectivity index (χ4v) is 1.29. The van der Waals surface area contributed by atoms with Crippen molar-refractivity contribution in [3.05, 3.63) is 35.4 Å². The summed E-state index contributed by atoms with van der Waals surface area (Å²) < 4.78 is 0. The van der Waals surface area contributed by atoms with Crippen LogP contribution >= 0.6 is 24.8 Å². The maximum atomic E-state index is 10.8. The molecular weight excluding hydrogens is 279 g/mol. The maximum absolute atomic E-state index is 10.8. The Balaban J connectivity index is -0.000000750. The molecular formula is C11H20Cl2N2O3. The molecule has 1 rings (SSSR count). The number of halogens is 2. The molecule has 0 saturated carbocycles. The van der Waals surface area contributed by atoms with Crippen molar-refractivity contribution >= 4 is 30.8 Å². The lowest BCUT2D eigenvalue weighted by Crippen LogP contribution is -2.46. The second-order valence-electron chi connectivity index (χ2n) is 3.92. The maximum Gasteiger partial charge on any atom is 0.323 e. The normalized spacial score (nSPS) is 12.2. The first-order chi connectivity index (χ1) is 6.95. The summed E-state index contributed by atoms with van der Waals surface area (Å²) in [7, 11) is 0. The standard InChI is InChI=1S/C11H16N2O2.2ClH.H2O/c1-11(13,10(14)15)6-8-2-4-9(7-12)5-3-8;;;/h2-5H,6-7,12-13H2,1H3,(H,14,15);2*1H;1H2/t11-;;;/m0.../s1. The molecule has 1 atom stereocenters. The molecule has 0 aromatic heterocycles. The second-order valence-corrected chi connectivity index (χ2v) is 3.92. The molecule has 0 radical (unpaired) electrons. The van der Waals surface area contributed by atoms with Crippen LogP contribution in [0.2, 0.25) is 0 Å². The molecule has 106 valence electrons. The molecule has 1 aromatic carbocycles. The fraction of sp³-hybridized carbons (Fsp3) is 0.364. The van der Waals surface area contributed by atoms with E-state index in [1.165, 1.54) is 6.92 Å². The predicted octanol–water partition coefficient (Wildman–Crippen LogP) is 0.509. The van der Waals surface area contributed by atoms with E-state index in [1.54, 1.807) is 0 Å². The number of carbonyl (C=O) groups is 1. The summed E-state index contributed by atoms with van der Waals surface area (Å²) in [6, 6.07) is 7.48. The third-order valence-electron chi connectivity index (χ3n) is 2.32. The van der Waals surface area contributed by atoms with Gasteiger partial charge in [-0.05, 0) is 18.1 Å². The van der Waals surface area contributed by atoms with Gasteiger partial charge in [-0.15, -0.1) is 24.8 Å². The van der Waals surface area contributed by atoms with Crippen LogP contribution in [0.1, 0.15) is 18.1 Å². The molecule has 0 bridgehead atoms. The highest BCUT2D eigenvalue weighted by Crippen LogP contribution is 2.12. The monoisotopic (exact) mass is 298 g/mol. The number of aliphatic carboxylic acids is 1. The zero-order chi connectivity index (χ0) is 11.5. The van der Waals surface area contributed by atoms with E-state index in [9.17, 15) is 4.79 Å². The Bertz CT molecular complexity index is 356. The quantitative estimate of drug-likeness (QED) is 0.749. The van der Waals surface area contributed by atoms with Crippen LogP contribution in [-0.4, -0.2) is 22.1 Å². The highest BCUT2D eigenvalue weighted by Gasteiger charge is 2.27. The van der Waals surface area contributed by atoms with Crippen molar-refractivity contribution in [3.63, 3.8) is 0 Å². The smallest absolute Gasteiger partial charge is 0.323 e. The fourth-order valence-electron chi connectivity index (χ4n) is 1.29. The van der Waals surface area contributed by atoms with Gasteiger partial charge in [-0.3, -0.25) is 4.79 Å². The first-order valence-electron chi connectivity index (χ1n) is 4.76. The Morgan fingerprint density at radius 1 is 1.22 bits per heavy atom. The van der Waals surface area contributed by atoms with Gasteiger partial charge < -0.3 is 22.1 Å². The summed E-state index contributed by atoms with van der Waals surface area (Å²) in [6.07, 6.45) is 0.313. The van der Waals surface area contributed by atoms with Crippen molar-refractivity contribution < 1.29 is 15.4 Å². The van der Waals surface area contributed by atoms with Crippen molar-refractivity contribution in [2.75, 3.05) is 0 Å². The van der Waals surface area contributed by atoms with Gasteiger partial charge in [0.1, 0.15) is 5.54 Å². The third-order valence-corrected chi connectivity index (χ3v) is 2.32. The number of rotatable bonds is 4. The van der Waals surface area contributed by atoms with E-state index in [1.807, 2.05) is 24.3 Å². The Morgan fingerprint density at radius 3 is 1.94 bits per heavy atom. The van der Waals surface area contributed by atoms with E-state index in [-0.39, 0.29) is 30.3 Å². The summed E-state index contributed by atoms with van der Waals surface area (Å²) in [5.74, 6) is -0.995. The van der Waals surface area contributed by atoms with Gasteiger partial charge in [-0.1, -0.05) is 24.3 Å². The number of hydrogen-bond acceptors (Lipinski definition) is 3. The van der Waals surface area contributed by atoms with Crippen molar-refractivity contribution in [2.24, 2.45) is 11.5 Å². The van der Waals surface area contributed by atoms with Gasteiger partial charge >= 0.3 is 5.97 Å². The number of benzene rings is 1. The van der Waals surface area contributed by atoms with Gasteiger partial charge in [-0.25, -0.2) is 0 Å². The zero-order valence-corrected chi connectivity index (χ0v) is 11.7. The molecule has 7 heteroatoms. The highest BCUT2D eigenvalue weighted by atomic mass is 35.5. The summed E-state index contributed by atoms with van der Waals surface area (Å²) in [4.78, 5) is 10.8. The number of carboxylic acid groups (broad SMARTS) is 1. The van der Waals surface area contributed by atoms with Crippen LogP contribution in [0.25, 0.3) is 0 Å². The largest absolute Gasteiger partial charge is 0.480 e. The number of hydrogen-bond donors (Lipinski definition) is 3. The molecule has 1 aromatic rings. The highest BCUT2D eigenvalue weighted by molar-refractivity contribution is 5.85. The Hall–Kier alpha value is -0.850. The topological polar surface area (TPSA) is 121 Å². The molecule has 0 aliphatic rings. The molecule has 0 spiro atoms. The van der Waals surface area contributed by atoms with Crippen LogP contribution in [0.4, 0.5) is 0 Å². The lowest BCUT2D eigenvalue weighted by Gasteiger charge is -2.19. The van der Waals surface area contributed by atoms with Gasteiger partial charge in [0.2, 0.25) is 0 Å². The van der Waals surface area contributed by atoms with E-state index < -0.39 is 11.5 Å². The van der Waals surface area contributed by atoms with Gasteiger partial charge in [0.05, 0.1) is 0 Å². The van der Waals surface area contributed by atoms with E-state index in [0.717, 1.165) is 11.1 Å². The third kappa shape index (κ3) is 6.18. The summed E-state index contributed by atoms with van der Waals surface area (Å²) in [6.45, 7) is 1.99. The van der Waals surface area contributed by atoms with Crippen molar-refractivity contribution in [3.8, 4) is 0 Å². The lowest BCUT2D eigenvalue weighted by atomic mass is 9.94. The first kappa shape index (κ1) is 22.3. The van der Waals surface area contributed by atoms with Gasteiger partial charge in [-0.2, -0.15) is 0 Å². The molecule has 0 heterocycles. The van der Waals surface area contributed by atoms with Gasteiger partial charge in [0.15, 0.2) is 0 Å². The van der Waals surface area contributed by atoms with E-state index >= 15 is 0 Å². The Kier molecular flexibility index (Phi) is 11.3. The van der Waals surface area contributed by atoms with Crippen LogP contribution < -0.4 is 11.5 Å². The van der Waals surface area contributed by atoms with Gasteiger partial charge in [0, 0.05) is 13.0 Å². The first-order valence-corrected chi connectivity index (χ1v) is 4.76. The van der Waals surface area contributed by atoms with Crippen molar-refractivity contribution in [1.82, 2.24) is 0 Å². The molecule has 0 fully saturated rings. The molecule has 18 heavy (non-hydrogen) atoms. The van der Waals surface area contributed by atoms with E-state index in [0.29, 0.717) is 13.0 Å². The Labute approximate surface area is 119 Å².